The number of hydrogen-bond donors (Lipinski definition) is 1. The molecule has 2 aromatic carbocycles. The number of aromatic nitrogens is 1. The van der Waals surface area contributed by atoms with Gasteiger partial charge >= 0.3 is 0 Å². The Morgan fingerprint density at radius 2 is 1.81 bits per heavy atom. The molecule has 0 atom stereocenters. The third-order valence-corrected chi connectivity index (χ3v) is 7.27. The molecule has 162 valence electrons. The minimum absolute atomic E-state index is 0.142. The van der Waals surface area contributed by atoms with E-state index in [0.29, 0.717) is 24.5 Å². The summed E-state index contributed by atoms with van der Waals surface area (Å²) in [6, 6.07) is 15.9. The summed E-state index contributed by atoms with van der Waals surface area (Å²) in [5, 5.41) is 6.82. The highest BCUT2D eigenvalue weighted by atomic mass is 32.2. The van der Waals surface area contributed by atoms with Crippen LogP contribution in [-0.4, -0.2) is 36.9 Å². The van der Waals surface area contributed by atoms with Gasteiger partial charge in [0, 0.05) is 30.3 Å². The third-order valence-electron chi connectivity index (χ3n) is 5.38. The molecular weight excluding hydrogens is 414 g/mol. The van der Waals surface area contributed by atoms with Crippen LogP contribution < -0.4 is 5.32 Å². The van der Waals surface area contributed by atoms with Gasteiger partial charge in [0.05, 0.1) is 11.4 Å². The predicted molar refractivity (Wildman–Crippen MR) is 117 cm³/mol. The normalized spacial score (nSPS) is 15.0. The summed E-state index contributed by atoms with van der Waals surface area (Å²) < 4.78 is 32.6. The zero-order valence-electron chi connectivity index (χ0n) is 17.4. The maximum Gasteiger partial charge on any atom is 0.251 e. The summed E-state index contributed by atoms with van der Waals surface area (Å²) in [4.78, 5) is 12.7. The summed E-state index contributed by atoms with van der Waals surface area (Å²) in [7, 11) is -3.59. The van der Waals surface area contributed by atoms with E-state index in [9.17, 15) is 13.2 Å². The average Bonchev–Trinajstić information content (AvgIpc) is 3.27. The summed E-state index contributed by atoms with van der Waals surface area (Å²) in [5.74, 6) is 0.144. The second-order valence-electron chi connectivity index (χ2n) is 7.72. The Bertz CT molecular complexity index is 1160. The van der Waals surface area contributed by atoms with Gasteiger partial charge in [-0.2, -0.15) is 4.31 Å². The molecule has 0 aliphatic carbocycles. The first-order valence-electron chi connectivity index (χ1n) is 10.3. The quantitative estimate of drug-likeness (QED) is 0.631. The van der Waals surface area contributed by atoms with Crippen molar-refractivity contribution >= 4 is 15.9 Å². The van der Waals surface area contributed by atoms with Gasteiger partial charge in [0.25, 0.3) is 5.91 Å². The number of carbonyl (C=O) groups is 1. The van der Waals surface area contributed by atoms with Gasteiger partial charge in [0.2, 0.25) is 10.0 Å². The molecule has 8 heteroatoms. The van der Waals surface area contributed by atoms with Gasteiger partial charge in [-0.25, -0.2) is 8.42 Å². The third kappa shape index (κ3) is 4.86. The summed E-state index contributed by atoms with van der Waals surface area (Å²) >= 11 is 0. The van der Waals surface area contributed by atoms with Crippen LogP contribution in [0.25, 0.3) is 11.3 Å². The fourth-order valence-electron chi connectivity index (χ4n) is 3.58. The Balaban J connectivity index is 1.42. The van der Waals surface area contributed by atoms with E-state index in [4.69, 9.17) is 4.52 Å². The molecule has 3 aromatic rings. The molecule has 1 aromatic heterocycles. The molecule has 1 fully saturated rings. The lowest BCUT2D eigenvalue weighted by molar-refractivity contribution is 0.0947. The molecule has 0 radical (unpaired) electrons. The number of hydrogen-bond acceptors (Lipinski definition) is 5. The SMILES string of the molecule is Cc1ccc(-c2cc(CNC(=O)c3cccc(S(=O)(=O)N4CCCCC4)c3)on2)cc1. The van der Waals surface area contributed by atoms with Crippen molar-refractivity contribution in [3.05, 3.63) is 71.5 Å². The van der Waals surface area contributed by atoms with Crippen molar-refractivity contribution < 1.29 is 17.7 Å². The lowest BCUT2D eigenvalue weighted by atomic mass is 10.1. The van der Waals surface area contributed by atoms with E-state index in [0.717, 1.165) is 30.4 Å². The molecule has 0 bridgehead atoms. The molecule has 0 unspecified atom stereocenters. The second kappa shape index (κ2) is 9.03. The van der Waals surface area contributed by atoms with Crippen LogP contribution in [0, 0.1) is 6.92 Å². The maximum absolute atomic E-state index is 12.9. The van der Waals surface area contributed by atoms with Crippen LogP contribution >= 0.6 is 0 Å². The van der Waals surface area contributed by atoms with Gasteiger partial charge in [-0.3, -0.25) is 4.79 Å². The van der Waals surface area contributed by atoms with Gasteiger partial charge in [-0.05, 0) is 38.0 Å². The highest BCUT2D eigenvalue weighted by Crippen LogP contribution is 2.22. The fourth-order valence-corrected chi connectivity index (χ4v) is 5.14. The second-order valence-corrected chi connectivity index (χ2v) is 9.66. The number of nitrogens with one attached hydrogen (secondary N) is 1. The van der Waals surface area contributed by atoms with E-state index >= 15 is 0 Å². The molecule has 1 amide bonds. The minimum Gasteiger partial charge on any atom is -0.359 e. The van der Waals surface area contributed by atoms with Crippen molar-refractivity contribution in [2.75, 3.05) is 13.1 Å². The van der Waals surface area contributed by atoms with Crippen LogP contribution in [0.5, 0.6) is 0 Å². The van der Waals surface area contributed by atoms with E-state index < -0.39 is 10.0 Å². The molecule has 1 aliphatic heterocycles. The highest BCUT2D eigenvalue weighted by Gasteiger charge is 2.26. The highest BCUT2D eigenvalue weighted by molar-refractivity contribution is 7.89. The van der Waals surface area contributed by atoms with E-state index in [1.54, 1.807) is 18.2 Å². The maximum atomic E-state index is 12.9. The zero-order chi connectivity index (χ0) is 21.8. The fraction of sp³-hybridized carbons (Fsp3) is 0.304. The molecule has 1 aliphatic rings. The number of benzene rings is 2. The molecule has 0 saturated carbocycles. The number of piperidine rings is 1. The molecule has 4 rings (SSSR count). The summed E-state index contributed by atoms with van der Waals surface area (Å²) in [5.41, 5.74) is 3.07. The molecule has 1 saturated heterocycles. The van der Waals surface area contributed by atoms with Crippen LogP contribution in [0.3, 0.4) is 0 Å². The van der Waals surface area contributed by atoms with Gasteiger partial charge < -0.3 is 9.84 Å². The van der Waals surface area contributed by atoms with E-state index in [2.05, 4.69) is 10.5 Å². The van der Waals surface area contributed by atoms with E-state index in [-0.39, 0.29) is 22.9 Å². The van der Waals surface area contributed by atoms with Crippen molar-refractivity contribution in [2.45, 2.75) is 37.6 Å². The van der Waals surface area contributed by atoms with Crippen molar-refractivity contribution in [2.24, 2.45) is 0 Å². The Hall–Kier alpha value is -2.97. The van der Waals surface area contributed by atoms with Crippen molar-refractivity contribution in [3.63, 3.8) is 0 Å². The number of sulfonamides is 1. The first kappa shape index (κ1) is 21.3. The van der Waals surface area contributed by atoms with Crippen LogP contribution in [0.15, 0.2) is 64.0 Å². The predicted octanol–water partition coefficient (Wildman–Crippen LogP) is 3.75. The topological polar surface area (TPSA) is 92.5 Å². The van der Waals surface area contributed by atoms with Crippen molar-refractivity contribution in [1.82, 2.24) is 14.8 Å². The van der Waals surface area contributed by atoms with Crippen molar-refractivity contribution in [1.29, 1.82) is 0 Å². The number of carbonyl (C=O) groups excluding carboxylic acids is 1. The van der Waals surface area contributed by atoms with Gasteiger partial charge in [0.1, 0.15) is 5.69 Å². The van der Waals surface area contributed by atoms with Gasteiger partial charge in [-0.1, -0.05) is 47.5 Å². The van der Waals surface area contributed by atoms with Crippen LogP contribution in [-0.2, 0) is 16.6 Å². The Morgan fingerprint density at radius 1 is 1.06 bits per heavy atom. The average molecular weight is 440 g/mol. The van der Waals surface area contributed by atoms with Gasteiger partial charge in [-0.15, -0.1) is 0 Å². The number of rotatable bonds is 6. The van der Waals surface area contributed by atoms with E-state index in [1.807, 2.05) is 31.2 Å². The monoisotopic (exact) mass is 439 g/mol. The lowest BCUT2D eigenvalue weighted by Crippen LogP contribution is -2.35. The van der Waals surface area contributed by atoms with Crippen LogP contribution in [0.1, 0.15) is 40.9 Å². The van der Waals surface area contributed by atoms with Crippen LogP contribution in [0.2, 0.25) is 0 Å². The molecular formula is C23H25N3O4S. The van der Waals surface area contributed by atoms with E-state index in [1.165, 1.54) is 16.4 Å². The smallest absolute Gasteiger partial charge is 0.251 e. The van der Waals surface area contributed by atoms with Gasteiger partial charge in [0.15, 0.2) is 5.76 Å². The summed E-state index contributed by atoms with van der Waals surface area (Å²) in [6.07, 6.45) is 2.77. The number of nitrogens with zero attached hydrogens (tertiary/aromatic N) is 2. The summed E-state index contributed by atoms with van der Waals surface area (Å²) in [6.45, 7) is 3.21. The first-order valence-corrected chi connectivity index (χ1v) is 11.8. The standard InChI is InChI=1S/C23H25N3O4S/c1-17-8-10-18(11-9-17)22-15-20(30-25-22)16-24-23(27)19-6-5-7-21(14-19)31(28,29)26-12-3-2-4-13-26/h5-11,14-15H,2-4,12-13,16H2,1H3,(H,24,27). The molecule has 2 heterocycles. The minimum atomic E-state index is -3.59. The first-order chi connectivity index (χ1) is 14.9. The Morgan fingerprint density at radius 3 is 2.55 bits per heavy atom. The number of aryl methyl sites for hydroxylation is 1. The molecule has 1 N–H and O–H groups in total. The zero-order valence-corrected chi connectivity index (χ0v) is 18.2. The molecule has 0 spiro atoms. The molecule has 31 heavy (non-hydrogen) atoms. The molecule has 7 nitrogen and oxygen atoms in total. The van der Waals surface area contributed by atoms with Crippen molar-refractivity contribution in [3.8, 4) is 11.3 Å². The largest absolute Gasteiger partial charge is 0.359 e. The number of amides is 1. The lowest BCUT2D eigenvalue weighted by Gasteiger charge is -2.26. The van der Waals surface area contributed by atoms with Crippen LogP contribution in [0.4, 0.5) is 0 Å². The Kier molecular flexibility index (Phi) is 6.20. The Labute approximate surface area is 182 Å².